The minimum atomic E-state index is -0.878. The summed E-state index contributed by atoms with van der Waals surface area (Å²) in [5, 5.41) is 2.04. The minimum Gasteiger partial charge on any atom is -0.497 e. The smallest absolute Gasteiger partial charge is 0.279 e. The molecule has 0 heterocycles. The molecule has 0 spiro atoms. The summed E-state index contributed by atoms with van der Waals surface area (Å²) >= 11 is 0. The second kappa shape index (κ2) is 9.56. The van der Waals surface area contributed by atoms with Gasteiger partial charge in [0.25, 0.3) is 11.8 Å². The third-order valence-corrected chi connectivity index (χ3v) is 4.30. The Morgan fingerprint density at radius 3 is 2.33 bits per heavy atom. The van der Waals surface area contributed by atoms with Crippen molar-refractivity contribution in [2.24, 2.45) is 0 Å². The molecule has 0 aromatic heterocycles. The summed E-state index contributed by atoms with van der Waals surface area (Å²) in [5.74, 6) is -0.310. The molecule has 0 saturated carbocycles. The number of halogens is 1. The third-order valence-electron chi connectivity index (χ3n) is 4.30. The van der Waals surface area contributed by atoms with Gasteiger partial charge in [-0.05, 0) is 71.8 Å². The van der Waals surface area contributed by atoms with Gasteiger partial charge in [0.05, 0.1) is 7.11 Å². The lowest BCUT2D eigenvalue weighted by molar-refractivity contribution is -0.131. The zero-order valence-corrected chi connectivity index (χ0v) is 16.5. The SMILES string of the molecule is COc1ccc2cc(/C=C/C(=O)NNC(=O)[C@H](C)Oc3ccc(F)cc3)ccc2c1. The fraction of sp³-hybridized carbons (Fsp3) is 0.130. The molecule has 3 rings (SSSR count). The molecule has 0 aliphatic carbocycles. The van der Waals surface area contributed by atoms with Gasteiger partial charge >= 0.3 is 0 Å². The number of amides is 2. The molecule has 2 amide bonds. The van der Waals surface area contributed by atoms with Crippen molar-refractivity contribution in [1.82, 2.24) is 10.9 Å². The van der Waals surface area contributed by atoms with E-state index >= 15 is 0 Å². The normalized spacial score (nSPS) is 11.8. The summed E-state index contributed by atoms with van der Waals surface area (Å²) in [5.41, 5.74) is 5.42. The van der Waals surface area contributed by atoms with Crippen LogP contribution in [-0.2, 0) is 9.59 Å². The van der Waals surface area contributed by atoms with E-state index in [1.807, 2.05) is 36.4 Å². The summed E-state index contributed by atoms with van der Waals surface area (Å²) < 4.78 is 23.5. The first-order valence-corrected chi connectivity index (χ1v) is 9.22. The summed E-state index contributed by atoms with van der Waals surface area (Å²) in [6, 6.07) is 16.8. The van der Waals surface area contributed by atoms with Crippen LogP contribution in [0.5, 0.6) is 11.5 Å². The number of methoxy groups -OCH3 is 1. The molecule has 154 valence electrons. The number of fused-ring (bicyclic) bond motifs is 1. The Morgan fingerprint density at radius 1 is 0.933 bits per heavy atom. The summed E-state index contributed by atoms with van der Waals surface area (Å²) in [7, 11) is 1.62. The molecule has 2 N–H and O–H groups in total. The summed E-state index contributed by atoms with van der Waals surface area (Å²) in [6.45, 7) is 1.52. The van der Waals surface area contributed by atoms with Crippen LogP contribution in [0.2, 0.25) is 0 Å². The Hall–Kier alpha value is -3.87. The lowest BCUT2D eigenvalue weighted by Gasteiger charge is -2.14. The van der Waals surface area contributed by atoms with E-state index in [9.17, 15) is 14.0 Å². The molecule has 0 aliphatic heterocycles. The van der Waals surface area contributed by atoms with Crippen molar-refractivity contribution in [3.05, 3.63) is 78.1 Å². The van der Waals surface area contributed by atoms with Crippen molar-refractivity contribution >= 4 is 28.7 Å². The van der Waals surface area contributed by atoms with Crippen LogP contribution >= 0.6 is 0 Å². The average Bonchev–Trinajstić information content (AvgIpc) is 2.76. The Morgan fingerprint density at radius 2 is 1.60 bits per heavy atom. The van der Waals surface area contributed by atoms with E-state index in [4.69, 9.17) is 9.47 Å². The van der Waals surface area contributed by atoms with Crippen LogP contribution in [0.4, 0.5) is 4.39 Å². The maximum absolute atomic E-state index is 12.9. The highest BCUT2D eigenvalue weighted by molar-refractivity contribution is 5.94. The number of nitrogens with one attached hydrogen (secondary N) is 2. The molecule has 0 radical (unpaired) electrons. The van der Waals surface area contributed by atoms with Crippen LogP contribution in [0.3, 0.4) is 0 Å². The van der Waals surface area contributed by atoms with Gasteiger partial charge in [0, 0.05) is 6.08 Å². The maximum Gasteiger partial charge on any atom is 0.279 e. The number of rotatable bonds is 6. The maximum atomic E-state index is 12.9. The van der Waals surface area contributed by atoms with E-state index in [0.717, 1.165) is 22.1 Å². The molecule has 3 aromatic rings. The molecule has 1 atom stereocenters. The third kappa shape index (κ3) is 5.57. The molecule has 0 fully saturated rings. The monoisotopic (exact) mass is 408 g/mol. The Labute approximate surface area is 173 Å². The van der Waals surface area contributed by atoms with Gasteiger partial charge in [0.15, 0.2) is 6.10 Å². The molecular weight excluding hydrogens is 387 g/mol. The predicted molar refractivity (Wildman–Crippen MR) is 112 cm³/mol. The van der Waals surface area contributed by atoms with E-state index < -0.39 is 23.7 Å². The van der Waals surface area contributed by atoms with Crippen LogP contribution in [-0.4, -0.2) is 25.0 Å². The standard InChI is InChI=1S/C23H21FN2O4/c1-15(30-20-10-7-19(24)8-11-20)23(28)26-25-22(27)12-4-16-3-5-18-14-21(29-2)9-6-17(18)13-16/h3-15H,1-2H3,(H,25,27)(H,26,28)/b12-4+/t15-/m0/s1. The van der Waals surface area contributed by atoms with Gasteiger partial charge < -0.3 is 9.47 Å². The molecule has 3 aromatic carbocycles. The lowest BCUT2D eigenvalue weighted by Crippen LogP contribution is -2.46. The van der Waals surface area contributed by atoms with Gasteiger partial charge in [-0.15, -0.1) is 0 Å². The molecule has 0 unspecified atom stereocenters. The van der Waals surface area contributed by atoms with Gasteiger partial charge in [0.2, 0.25) is 0 Å². The fourth-order valence-corrected chi connectivity index (χ4v) is 2.68. The van der Waals surface area contributed by atoms with Crippen LogP contribution in [0.25, 0.3) is 16.8 Å². The topological polar surface area (TPSA) is 76.7 Å². The zero-order chi connectivity index (χ0) is 21.5. The highest BCUT2D eigenvalue weighted by Crippen LogP contribution is 2.22. The predicted octanol–water partition coefficient (Wildman–Crippen LogP) is 3.62. The number of ether oxygens (including phenoxy) is 2. The molecule has 0 saturated heterocycles. The van der Waals surface area contributed by atoms with E-state index in [-0.39, 0.29) is 0 Å². The van der Waals surface area contributed by atoms with Gasteiger partial charge in [-0.1, -0.05) is 18.2 Å². The first-order chi connectivity index (χ1) is 14.4. The Balaban J connectivity index is 1.52. The Kier molecular flexibility index (Phi) is 6.64. The molecular formula is C23H21FN2O4. The average molecular weight is 408 g/mol. The van der Waals surface area contributed by atoms with Crippen molar-refractivity contribution < 1.29 is 23.5 Å². The van der Waals surface area contributed by atoms with Crippen molar-refractivity contribution in [3.8, 4) is 11.5 Å². The van der Waals surface area contributed by atoms with Crippen LogP contribution < -0.4 is 20.3 Å². The second-order valence-corrected chi connectivity index (χ2v) is 6.50. The number of hydrogen-bond acceptors (Lipinski definition) is 4. The van der Waals surface area contributed by atoms with Crippen molar-refractivity contribution in [2.75, 3.05) is 7.11 Å². The van der Waals surface area contributed by atoms with Crippen LogP contribution in [0, 0.1) is 5.82 Å². The quantitative estimate of drug-likeness (QED) is 0.483. The van der Waals surface area contributed by atoms with Crippen molar-refractivity contribution in [3.63, 3.8) is 0 Å². The zero-order valence-electron chi connectivity index (χ0n) is 16.5. The first kappa shape index (κ1) is 20.9. The lowest BCUT2D eigenvalue weighted by atomic mass is 10.1. The molecule has 0 aliphatic rings. The van der Waals surface area contributed by atoms with E-state index in [0.29, 0.717) is 5.75 Å². The van der Waals surface area contributed by atoms with E-state index in [1.54, 1.807) is 13.2 Å². The first-order valence-electron chi connectivity index (χ1n) is 9.22. The highest BCUT2D eigenvalue weighted by Gasteiger charge is 2.14. The Bertz CT molecular complexity index is 1080. The molecule has 0 bridgehead atoms. The molecule has 7 heteroatoms. The highest BCUT2D eigenvalue weighted by atomic mass is 19.1. The summed E-state index contributed by atoms with van der Waals surface area (Å²) in [6.07, 6.45) is 2.08. The van der Waals surface area contributed by atoms with Crippen molar-refractivity contribution in [2.45, 2.75) is 13.0 Å². The van der Waals surface area contributed by atoms with E-state index in [1.165, 1.54) is 37.3 Å². The number of carbonyl (C=O) groups excluding carboxylic acids is 2. The van der Waals surface area contributed by atoms with Crippen LogP contribution in [0.1, 0.15) is 12.5 Å². The fourth-order valence-electron chi connectivity index (χ4n) is 2.68. The van der Waals surface area contributed by atoms with Gasteiger partial charge in [-0.3, -0.25) is 20.4 Å². The molecule has 6 nitrogen and oxygen atoms in total. The van der Waals surface area contributed by atoms with Crippen molar-refractivity contribution in [1.29, 1.82) is 0 Å². The van der Waals surface area contributed by atoms with Crippen LogP contribution in [0.15, 0.2) is 66.7 Å². The molecule has 30 heavy (non-hydrogen) atoms. The number of carbonyl (C=O) groups is 2. The number of hydrogen-bond donors (Lipinski definition) is 2. The number of benzene rings is 3. The summed E-state index contributed by atoms with van der Waals surface area (Å²) in [4.78, 5) is 24.0. The van der Waals surface area contributed by atoms with Gasteiger partial charge in [-0.2, -0.15) is 0 Å². The second-order valence-electron chi connectivity index (χ2n) is 6.50. The van der Waals surface area contributed by atoms with E-state index in [2.05, 4.69) is 10.9 Å². The minimum absolute atomic E-state index is 0.346. The largest absolute Gasteiger partial charge is 0.497 e. The van der Waals surface area contributed by atoms with Gasteiger partial charge in [0.1, 0.15) is 17.3 Å². The van der Waals surface area contributed by atoms with Gasteiger partial charge in [-0.25, -0.2) is 4.39 Å². The number of hydrazine groups is 1.